The first-order chi connectivity index (χ1) is 15.9. The Morgan fingerprint density at radius 3 is 2.12 bits per heavy atom. The van der Waals surface area contributed by atoms with Crippen LogP contribution in [-0.2, 0) is 16.9 Å². The number of nitrogens with zero attached hydrogens (tertiary/aromatic N) is 1. The molecule has 1 saturated heterocycles. The minimum absolute atomic E-state index is 0.104. The van der Waals surface area contributed by atoms with Crippen molar-refractivity contribution in [3.8, 4) is 0 Å². The van der Waals surface area contributed by atoms with Gasteiger partial charge in [-0.25, -0.2) is 9.59 Å². The number of hydrogen-bond acceptors (Lipinski definition) is 4. The van der Waals surface area contributed by atoms with Crippen LogP contribution in [0.25, 0.3) is 11.0 Å². The number of nitrogens with one attached hydrogen (secondary N) is 1. The van der Waals surface area contributed by atoms with Crippen LogP contribution in [0.15, 0.2) is 88.1 Å². The normalized spacial score (nSPS) is 15.2. The number of carbonyl (C=O) groups excluding carboxylic acids is 2. The maximum Gasteiger partial charge on any atom is 0.336 e. The topological polar surface area (TPSA) is 79.6 Å². The molecule has 5 rings (SSSR count). The van der Waals surface area contributed by atoms with E-state index in [2.05, 4.69) is 5.32 Å². The van der Waals surface area contributed by atoms with Gasteiger partial charge < -0.3 is 9.73 Å². The average Bonchev–Trinajstić information content (AvgIpc) is 3.07. The first-order valence-corrected chi connectivity index (χ1v) is 10.8. The Bertz CT molecular complexity index is 1410. The highest BCUT2D eigenvalue weighted by Gasteiger charge is 2.53. The summed E-state index contributed by atoms with van der Waals surface area (Å²) in [5.74, 6) is -0.426. The van der Waals surface area contributed by atoms with E-state index in [9.17, 15) is 14.4 Å². The highest BCUT2D eigenvalue weighted by molar-refractivity contribution is 6.32. The van der Waals surface area contributed by atoms with Gasteiger partial charge in [-0.15, -0.1) is 0 Å². The Morgan fingerprint density at radius 1 is 0.909 bits per heavy atom. The van der Waals surface area contributed by atoms with Crippen LogP contribution in [-0.4, -0.2) is 16.8 Å². The number of amides is 3. The molecular weight excluding hydrogens is 440 g/mol. The van der Waals surface area contributed by atoms with Gasteiger partial charge in [-0.1, -0.05) is 72.3 Å². The van der Waals surface area contributed by atoms with Crippen molar-refractivity contribution in [3.05, 3.63) is 117 Å². The standard InChI is InChI=1S/C26H19ClN2O4/c1-16-12-22-20(14-21(16)27)17(13-23(30)33-22)15-29-24(31)26(28-25(29)32,18-8-4-2-5-9-18)19-10-6-3-7-11-19/h2-14H,15H2,1H3,(H,28,32). The summed E-state index contributed by atoms with van der Waals surface area (Å²) in [6, 6.07) is 22.3. The van der Waals surface area contributed by atoms with Gasteiger partial charge in [0.15, 0.2) is 5.54 Å². The van der Waals surface area contributed by atoms with Crippen molar-refractivity contribution < 1.29 is 14.0 Å². The zero-order chi connectivity index (χ0) is 23.2. The zero-order valence-electron chi connectivity index (χ0n) is 17.7. The second-order valence-electron chi connectivity index (χ2n) is 7.99. The number of fused-ring (bicyclic) bond motifs is 1. The van der Waals surface area contributed by atoms with Crippen molar-refractivity contribution in [2.45, 2.75) is 19.0 Å². The fourth-order valence-electron chi connectivity index (χ4n) is 4.30. The molecule has 1 aliphatic rings. The summed E-state index contributed by atoms with van der Waals surface area (Å²) < 4.78 is 5.32. The fraction of sp³-hybridized carbons (Fsp3) is 0.115. The fourth-order valence-corrected chi connectivity index (χ4v) is 4.47. The van der Waals surface area contributed by atoms with Gasteiger partial charge in [0.05, 0.1) is 6.54 Å². The minimum atomic E-state index is -1.37. The van der Waals surface area contributed by atoms with E-state index in [1.165, 1.54) is 6.07 Å². The Balaban J connectivity index is 1.63. The van der Waals surface area contributed by atoms with Crippen molar-refractivity contribution in [2.75, 3.05) is 0 Å². The van der Waals surface area contributed by atoms with Crippen molar-refractivity contribution in [1.29, 1.82) is 0 Å². The van der Waals surface area contributed by atoms with E-state index < -0.39 is 23.1 Å². The molecule has 4 aromatic rings. The maximum atomic E-state index is 13.9. The third-order valence-corrected chi connectivity index (χ3v) is 6.36. The van der Waals surface area contributed by atoms with Gasteiger partial charge in [-0.3, -0.25) is 9.69 Å². The summed E-state index contributed by atoms with van der Waals surface area (Å²) in [5.41, 5.74) is 0.937. The van der Waals surface area contributed by atoms with E-state index in [0.29, 0.717) is 32.7 Å². The van der Waals surface area contributed by atoms with Gasteiger partial charge in [-0.05, 0) is 41.3 Å². The molecular formula is C26H19ClN2O4. The van der Waals surface area contributed by atoms with Crippen LogP contribution < -0.4 is 10.9 Å². The van der Waals surface area contributed by atoms with E-state index in [-0.39, 0.29) is 6.54 Å². The lowest BCUT2D eigenvalue weighted by atomic mass is 9.82. The minimum Gasteiger partial charge on any atom is -0.423 e. The van der Waals surface area contributed by atoms with Crippen molar-refractivity contribution in [1.82, 2.24) is 10.2 Å². The first kappa shape index (κ1) is 21.0. The van der Waals surface area contributed by atoms with Crippen molar-refractivity contribution in [2.24, 2.45) is 0 Å². The predicted octanol–water partition coefficient (Wildman–Crippen LogP) is 4.75. The molecule has 0 saturated carbocycles. The first-order valence-electron chi connectivity index (χ1n) is 10.4. The Labute approximate surface area is 194 Å². The Hall–Kier alpha value is -3.90. The maximum absolute atomic E-state index is 13.9. The highest BCUT2D eigenvalue weighted by atomic mass is 35.5. The molecule has 164 valence electrons. The van der Waals surface area contributed by atoms with Crippen LogP contribution in [0.1, 0.15) is 22.3 Å². The molecule has 1 N–H and O–H groups in total. The molecule has 1 aromatic heterocycles. The lowest BCUT2D eigenvalue weighted by Gasteiger charge is -2.28. The number of aryl methyl sites for hydroxylation is 1. The largest absolute Gasteiger partial charge is 0.423 e. The predicted molar refractivity (Wildman–Crippen MR) is 125 cm³/mol. The quantitative estimate of drug-likeness (QED) is 0.353. The molecule has 33 heavy (non-hydrogen) atoms. The van der Waals surface area contributed by atoms with Crippen molar-refractivity contribution in [3.63, 3.8) is 0 Å². The number of imide groups is 1. The molecule has 0 spiro atoms. The van der Waals surface area contributed by atoms with Crippen LogP contribution in [0.2, 0.25) is 5.02 Å². The molecule has 2 heterocycles. The monoisotopic (exact) mass is 458 g/mol. The van der Waals surface area contributed by atoms with E-state index in [4.69, 9.17) is 16.0 Å². The van der Waals surface area contributed by atoms with Gasteiger partial charge in [0.25, 0.3) is 5.91 Å². The smallest absolute Gasteiger partial charge is 0.336 e. The van der Waals surface area contributed by atoms with Crippen LogP contribution in [0, 0.1) is 6.92 Å². The second-order valence-corrected chi connectivity index (χ2v) is 8.40. The number of hydrogen-bond donors (Lipinski definition) is 1. The molecule has 7 heteroatoms. The van der Waals surface area contributed by atoms with Gasteiger partial charge in [0, 0.05) is 16.5 Å². The number of rotatable bonds is 4. The number of halogens is 1. The summed E-state index contributed by atoms with van der Waals surface area (Å²) >= 11 is 6.30. The van der Waals surface area contributed by atoms with E-state index >= 15 is 0 Å². The zero-order valence-corrected chi connectivity index (χ0v) is 18.4. The molecule has 0 radical (unpaired) electrons. The van der Waals surface area contributed by atoms with Gasteiger partial charge in [-0.2, -0.15) is 0 Å². The lowest BCUT2D eigenvalue weighted by Crippen LogP contribution is -2.45. The Kier molecular flexibility index (Phi) is 5.02. The lowest BCUT2D eigenvalue weighted by molar-refractivity contribution is -0.130. The molecule has 0 unspecified atom stereocenters. The molecule has 1 fully saturated rings. The van der Waals surface area contributed by atoms with Gasteiger partial charge in [0.1, 0.15) is 5.58 Å². The van der Waals surface area contributed by atoms with E-state index in [1.807, 2.05) is 60.7 Å². The summed E-state index contributed by atoms with van der Waals surface area (Å²) in [7, 11) is 0. The summed E-state index contributed by atoms with van der Waals surface area (Å²) in [6.07, 6.45) is 0. The molecule has 0 aliphatic carbocycles. The summed E-state index contributed by atoms with van der Waals surface area (Å²) in [5, 5.41) is 3.98. The average molecular weight is 459 g/mol. The molecule has 0 bridgehead atoms. The van der Waals surface area contributed by atoms with E-state index in [0.717, 1.165) is 10.5 Å². The van der Waals surface area contributed by atoms with Gasteiger partial charge in [0.2, 0.25) is 0 Å². The summed E-state index contributed by atoms with van der Waals surface area (Å²) in [4.78, 5) is 40.4. The van der Waals surface area contributed by atoms with Crippen LogP contribution in [0.5, 0.6) is 0 Å². The highest BCUT2D eigenvalue weighted by Crippen LogP contribution is 2.37. The molecule has 3 aromatic carbocycles. The number of benzene rings is 3. The third-order valence-electron chi connectivity index (χ3n) is 5.96. The number of urea groups is 1. The second kappa shape index (κ2) is 7.90. The summed E-state index contributed by atoms with van der Waals surface area (Å²) in [6.45, 7) is 1.70. The van der Waals surface area contributed by atoms with Crippen LogP contribution >= 0.6 is 11.6 Å². The Morgan fingerprint density at radius 2 is 1.52 bits per heavy atom. The van der Waals surface area contributed by atoms with Gasteiger partial charge >= 0.3 is 11.7 Å². The van der Waals surface area contributed by atoms with Crippen molar-refractivity contribution >= 4 is 34.5 Å². The third kappa shape index (κ3) is 3.39. The van der Waals surface area contributed by atoms with Crippen LogP contribution in [0.3, 0.4) is 0 Å². The number of carbonyl (C=O) groups is 2. The van der Waals surface area contributed by atoms with Crippen LogP contribution in [0.4, 0.5) is 4.79 Å². The van der Waals surface area contributed by atoms with E-state index in [1.54, 1.807) is 19.1 Å². The molecule has 3 amide bonds. The molecule has 6 nitrogen and oxygen atoms in total. The SMILES string of the molecule is Cc1cc2oc(=O)cc(CN3C(=O)NC(c4ccccc4)(c4ccccc4)C3=O)c2cc1Cl. The molecule has 1 aliphatic heterocycles. The molecule has 0 atom stereocenters.